The smallest absolute Gasteiger partial charge is 0.283 e. The van der Waals surface area contributed by atoms with Crippen LogP contribution in [-0.4, -0.2) is 41.7 Å². The number of amides is 3. The summed E-state index contributed by atoms with van der Waals surface area (Å²) in [4.78, 5) is 54.5. The van der Waals surface area contributed by atoms with Crippen LogP contribution < -0.4 is 15.6 Å². The molecule has 0 aliphatic carbocycles. The SMILES string of the molecule is CN(C)C(=O)c1c[nH]cc(NC2=C(Cl)C(=O)N(c3ccccc3)C2=O)c1=O. The van der Waals surface area contributed by atoms with E-state index in [1.165, 1.54) is 31.4 Å². The minimum Gasteiger partial charge on any atom is -0.365 e. The molecule has 1 aliphatic heterocycles. The van der Waals surface area contributed by atoms with E-state index in [0.717, 1.165) is 4.90 Å². The van der Waals surface area contributed by atoms with Crippen molar-refractivity contribution in [2.24, 2.45) is 0 Å². The first-order valence-electron chi connectivity index (χ1n) is 7.86. The molecule has 0 saturated heterocycles. The quantitative estimate of drug-likeness (QED) is 0.775. The Bertz CT molecular complexity index is 1030. The van der Waals surface area contributed by atoms with Crippen LogP contribution in [0, 0.1) is 0 Å². The zero-order chi connectivity index (χ0) is 19.7. The molecule has 2 heterocycles. The zero-order valence-corrected chi connectivity index (χ0v) is 15.2. The van der Waals surface area contributed by atoms with E-state index >= 15 is 0 Å². The number of carbonyl (C=O) groups excluding carboxylic acids is 3. The van der Waals surface area contributed by atoms with Gasteiger partial charge in [-0.3, -0.25) is 19.2 Å². The molecule has 1 aromatic heterocycles. The lowest BCUT2D eigenvalue weighted by molar-refractivity contribution is -0.120. The Morgan fingerprint density at radius 2 is 1.74 bits per heavy atom. The minimum atomic E-state index is -0.702. The van der Waals surface area contributed by atoms with E-state index in [2.05, 4.69) is 10.3 Å². The van der Waals surface area contributed by atoms with Gasteiger partial charge in [0.2, 0.25) is 5.43 Å². The van der Waals surface area contributed by atoms with Gasteiger partial charge in [-0.05, 0) is 12.1 Å². The molecule has 0 radical (unpaired) electrons. The van der Waals surface area contributed by atoms with Crippen molar-refractivity contribution in [3.8, 4) is 0 Å². The van der Waals surface area contributed by atoms with Crippen LogP contribution in [0.5, 0.6) is 0 Å². The Morgan fingerprint density at radius 1 is 1.07 bits per heavy atom. The number of aromatic nitrogens is 1. The highest BCUT2D eigenvalue weighted by atomic mass is 35.5. The van der Waals surface area contributed by atoms with Gasteiger partial charge >= 0.3 is 0 Å². The normalized spacial score (nSPS) is 14.0. The number of hydrogen-bond acceptors (Lipinski definition) is 5. The second-order valence-corrected chi connectivity index (χ2v) is 6.28. The van der Waals surface area contributed by atoms with Gasteiger partial charge in [-0.15, -0.1) is 0 Å². The maximum atomic E-state index is 12.7. The lowest BCUT2D eigenvalue weighted by Gasteiger charge is -2.15. The highest BCUT2D eigenvalue weighted by Gasteiger charge is 2.39. The molecule has 9 heteroatoms. The molecular formula is C18H15ClN4O4. The monoisotopic (exact) mass is 386 g/mol. The van der Waals surface area contributed by atoms with E-state index in [9.17, 15) is 19.2 Å². The molecule has 3 amide bonds. The van der Waals surface area contributed by atoms with Crippen molar-refractivity contribution in [3.63, 3.8) is 0 Å². The molecule has 3 rings (SSSR count). The topological polar surface area (TPSA) is 103 Å². The molecule has 1 aromatic carbocycles. The van der Waals surface area contributed by atoms with E-state index in [-0.39, 0.29) is 22.0 Å². The van der Waals surface area contributed by atoms with Crippen LogP contribution in [0.1, 0.15) is 10.4 Å². The van der Waals surface area contributed by atoms with E-state index in [1.807, 2.05) is 0 Å². The number of para-hydroxylation sites is 1. The summed E-state index contributed by atoms with van der Waals surface area (Å²) < 4.78 is 0. The summed E-state index contributed by atoms with van der Waals surface area (Å²) in [6, 6.07) is 8.28. The Hall–Kier alpha value is -3.39. The summed E-state index contributed by atoms with van der Waals surface area (Å²) in [6.45, 7) is 0. The number of nitrogens with zero attached hydrogens (tertiary/aromatic N) is 2. The van der Waals surface area contributed by atoms with Crippen molar-refractivity contribution < 1.29 is 14.4 Å². The first-order chi connectivity index (χ1) is 12.8. The average molecular weight is 387 g/mol. The Kier molecular flexibility index (Phi) is 4.83. The fourth-order valence-electron chi connectivity index (χ4n) is 2.53. The minimum absolute atomic E-state index is 0.0769. The highest BCUT2D eigenvalue weighted by Crippen LogP contribution is 2.29. The summed E-state index contributed by atoms with van der Waals surface area (Å²) in [7, 11) is 3.02. The van der Waals surface area contributed by atoms with E-state index in [1.54, 1.807) is 30.3 Å². The molecule has 2 aromatic rings. The van der Waals surface area contributed by atoms with E-state index in [0.29, 0.717) is 5.69 Å². The van der Waals surface area contributed by atoms with Crippen LogP contribution in [0.25, 0.3) is 0 Å². The van der Waals surface area contributed by atoms with Gasteiger partial charge < -0.3 is 15.2 Å². The Balaban J connectivity index is 1.96. The molecule has 0 saturated carbocycles. The molecular weight excluding hydrogens is 372 g/mol. The highest BCUT2D eigenvalue weighted by molar-refractivity contribution is 6.53. The van der Waals surface area contributed by atoms with Gasteiger partial charge in [-0.25, -0.2) is 4.90 Å². The molecule has 27 heavy (non-hydrogen) atoms. The average Bonchev–Trinajstić information content (AvgIpc) is 2.86. The van der Waals surface area contributed by atoms with Gasteiger partial charge in [0.05, 0.1) is 5.69 Å². The summed E-state index contributed by atoms with van der Waals surface area (Å²) >= 11 is 6.04. The number of halogens is 1. The lowest BCUT2D eigenvalue weighted by atomic mass is 10.2. The van der Waals surface area contributed by atoms with Gasteiger partial charge in [0.25, 0.3) is 17.7 Å². The number of anilines is 2. The Morgan fingerprint density at radius 3 is 2.37 bits per heavy atom. The third-order valence-electron chi connectivity index (χ3n) is 3.88. The third kappa shape index (κ3) is 3.22. The molecule has 0 spiro atoms. The number of hydrogen-bond donors (Lipinski definition) is 2. The molecule has 2 N–H and O–H groups in total. The number of aromatic amines is 1. The fourth-order valence-corrected chi connectivity index (χ4v) is 2.75. The number of rotatable bonds is 4. The van der Waals surface area contributed by atoms with Crippen LogP contribution in [0.2, 0.25) is 0 Å². The van der Waals surface area contributed by atoms with Crippen LogP contribution in [-0.2, 0) is 9.59 Å². The standard InChI is InChI=1S/C18H15ClN4O4/c1-22(2)16(25)11-8-20-9-12(15(11)24)21-14-13(19)17(26)23(18(14)27)10-6-4-3-5-7-10/h3-9,21H,1-2H3,(H,20,24). The largest absolute Gasteiger partial charge is 0.365 e. The summed E-state index contributed by atoms with van der Waals surface area (Å²) in [5.41, 5.74) is -0.688. The van der Waals surface area contributed by atoms with Crippen LogP contribution >= 0.6 is 11.6 Å². The molecule has 8 nitrogen and oxygen atoms in total. The zero-order valence-electron chi connectivity index (χ0n) is 14.4. The number of H-pyrrole nitrogens is 1. The van der Waals surface area contributed by atoms with Gasteiger partial charge in [0.1, 0.15) is 22.0 Å². The lowest BCUT2D eigenvalue weighted by Crippen LogP contribution is -2.33. The maximum Gasteiger partial charge on any atom is 0.283 e. The van der Waals surface area contributed by atoms with Crippen molar-refractivity contribution in [3.05, 3.63) is 69.2 Å². The molecule has 138 valence electrons. The number of benzene rings is 1. The van der Waals surface area contributed by atoms with Gasteiger partial charge in [0.15, 0.2) is 0 Å². The summed E-state index contributed by atoms with van der Waals surface area (Å²) in [6.07, 6.45) is 2.55. The molecule has 0 unspecified atom stereocenters. The summed E-state index contributed by atoms with van der Waals surface area (Å²) in [5.74, 6) is -1.90. The first kappa shape index (κ1) is 18.4. The van der Waals surface area contributed by atoms with E-state index < -0.39 is 23.2 Å². The van der Waals surface area contributed by atoms with Gasteiger partial charge in [-0.1, -0.05) is 29.8 Å². The molecule has 0 atom stereocenters. The van der Waals surface area contributed by atoms with Crippen LogP contribution in [0.3, 0.4) is 0 Å². The number of imide groups is 1. The third-order valence-corrected chi connectivity index (χ3v) is 4.23. The van der Waals surface area contributed by atoms with Crippen molar-refractivity contribution in [2.45, 2.75) is 0 Å². The predicted molar refractivity (Wildman–Crippen MR) is 101 cm³/mol. The molecule has 0 fully saturated rings. The predicted octanol–water partition coefficient (Wildman–Crippen LogP) is 1.51. The van der Waals surface area contributed by atoms with Crippen LogP contribution in [0.15, 0.2) is 58.2 Å². The van der Waals surface area contributed by atoms with Gasteiger partial charge in [-0.2, -0.15) is 0 Å². The number of pyridine rings is 1. The van der Waals surface area contributed by atoms with Crippen molar-refractivity contribution >= 4 is 40.7 Å². The first-order valence-corrected chi connectivity index (χ1v) is 8.24. The van der Waals surface area contributed by atoms with Crippen molar-refractivity contribution in [2.75, 3.05) is 24.3 Å². The maximum absolute atomic E-state index is 12.7. The second kappa shape index (κ2) is 7.08. The number of nitrogens with one attached hydrogen (secondary N) is 2. The summed E-state index contributed by atoms with van der Waals surface area (Å²) in [5, 5.41) is 2.25. The van der Waals surface area contributed by atoms with Crippen molar-refractivity contribution in [1.82, 2.24) is 9.88 Å². The van der Waals surface area contributed by atoms with E-state index in [4.69, 9.17) is 11.6 Å². The molecule has 1 aliphatic rings. The van der Waals surface area contributed by atoms with Gasteiger partial charge in [0, 0.05) is 26.5 Å². The fraction of sp³-hybridized carbons (Fsp3) is 0.111. The Labute approximate surface area is 159 Å². The second-order valence-electron chi connectivity index (χ2n) is 5.91. The molecule has 0 bridgehead atoms. The van der Waals surface area contributed by atoms with Crippen LogP contribution in [0.4, 0.5) is 11.4 Å². The van der Waals surface area contributed by atoms with Crippen molar-refractivity contribution in [1.29, 1.82) is 0 Å². The number of carbonyl (C=O) groups is 3.